The molecule has 0 spiro atoms. The second-order valence-electron chi connectivity index (χ2n) is 6.52. The lowest BCUT2D eigenvalue weighted by atomic mass is 10.1. The molecule has 2 fully saturated rings. The first-order valence-electron chi connectivity index (χ1n) is 8.65. The van der Waals surface area contributed by atoms with Gasteiger partial charge in [-0.1, -0.05) is 0 Å². The van der Waals surface area contributed by atoms with E-state index in [1.165, 1.54) is 12.8 Å². The van der Waals surface area contributed by atoms with Crippen molar-refractivity contribution in [2.24, 2.45) is 0 Å². The van der Waals surface area contributed by atoms with Crippen LogP contribution < -0.4 is 4.90 Å². The van der Waals surface area contributed by atoms with Crippen molar-refractivity contribution in [3.05, 3.63) is 36.5 Å². The molecule has 0 N–H and O–H groups in total. The van der Waals surface area contributed by atoms with E-state index in [2.05, 4.69) is 20.0 Å². The van der Waals surface area contributed by atoms with E-state index in [4.69, 9.17) is 0 Å². The summed E-state index contributed by atoms with van der Waals surface area (Å²) in [5.41, 5.74) is 0.664. The summed E-state index contributed by atoms with van der Waals surface area (Å²) < 4.78 is 1.86. The van der Waals surface area contributed by atoms with Crippen molar-refractivity contribution in [1.29, 1.82) is 0 Å². The molecule has 2 aliphatic rings. The van der Waals surface area contributed by atoms with Crippen LogP contribution in [0.15, 0.2) is 31.0 Å². The number of anilines is 1. The lowest BCUT2D eigenvalue weighted by Gasteiger charge is -2.32. The molecule has 126 valence electrons. The molecule has 0 bridgehead atoms. The van der Waals surface area contributed by atoms with Gasteiger partial charge >= 0.3 is 0 Å². The molecule has 24 heavy (non-hydrogen) atoms. The number of carbonyl (C=O) groups excluding carboxylic acids is 1. The third-order valence-electron chi connectivity index (χ3n) is 4.92. The lowest BCUT2D eigenvalue weighted by Crippen LogP contribution is -2.40. The first-order valence-corrected chi connectivity index (χ1v) is 8.65. The quantitative estimate of drug-likeness (QED) is 0.859. The zero-order valence-electron chi connectivity index (χ0n) is 13.7. The number of rotatable bonds is 3. The molecule has 0 aliphatic carbocycles. The lowest BCUT2D eigenvalue weighted by molar-refractivity contribution is 0.0672. The Labute approximate surface area is 141 Å². The topological polar surface area (TPSA) is 67.2 Å². The number of aromatic nitrogens is 4. The molecular formula is C17H22N6O. The summed E-state index contributed by atoms with van der Waals surface area (Å²) in [4.78, 5) is 25.5. The van der Waals surface area contributed by atoms with Gasteiger partial charge in [-0.15, -0.1) is 0 Å². The van der Waals surface area contributed by atoms with Crippen LogP contribution in [0.1, 0.15) is 42.1 Å². The van der Waals surface area contributed by atoms with Gasteiger partial charge in [0.25, 0.3) is 5.91 Å². The number of hydrogen-bond acceptors (Lipinski definition) is 5. The van der Waals surface area contributed by atoms with Crippen LogP contribution in [0.5, 0.6) is 0 Å². The molecule has 2 saturated heterocycles. The third kappa shape index (κ3) is 2.98. The summed E-state index contributed by atoms with van der Waals surface area (Å²) in [6, 6.07) is 4.08. The minimum atomic E-state index is 0.0558. The van der Waals surface area contributed by atoms with E-state index < -0.39 is 0 Å². The zero-order chi connectivity index (χ0) is 16.4. The summed E-state index contributed by atoms with van der Waals surface area (Å²) in [6.07, 6.45) is 9.44. The van der Waals surface area contributed by atoms with Crippen molar-refractivity contribution < 1.29 is 4.79 Å². The van der Waals surface area contributed by atoms with Crippen LogP contribution in [0.3, 0.4) is 0 Å². The molecule has 1 amide bonds. The standard InChI is InChI=1S/C17H22N6O/c24-17(14-5-6-16(19-10-14)21-7-1-2-8-21)22-9-3-4-15(11-22)23-13-18-12-20-23/h5-6,10,12-13,15H,1-4,7-9,11H2/t15-/m0/s1. The van der Waals surface area contributed by atoms with E-state index in [-0.39, 0.29) is 11.9 Å². The van der Waals surface area contributed by atoms with Crippen LogP contribution in [0.2, 0.25) is 0 Å². The Balaban J connectivity index is 1.44. The molecule has 4 rings (SSSR count). The van der Waals surface area contributed by atoms with E-state index in [0.717, 1.165) is 38.3 Å². The maximum Gasteiger partial charge on any atom is 0.255 e. The smallest absolute Gasteiger partial charge is 0.255 e. The van der Waals surface area contributed by atoms with E-state index >= 15 is 0 Å². The molecule has 7 nitrogen and oxygen atoms in total. The van der Waals surface area contributed by atoms with Crippen LogP contribution in [0.25, 0.3) is 0 Å². The van der Waals surface area contributed by atoms with Gasteiger partial charge in [-0.3, -0.25) is 4.79 Å². The van der Waals surface area contributed by atoms with Crippen LogP contribution in [0.4, 0.5) is 5.82 Å². The number of pyridine rings is 1. The molecule has 4 heterocycles. The SMILES string of the molecule is O=C(c1ccc(N2CCCC2)nc1)N1CCC[C@H](n2cncn2)C1. The number of piperidine rings is 1. The summed E-state index contributed by atoms with van der Waals surface area (Å²) in [5.74, 6) is 1.03. The van der Waals surface area contributed by atoms with Crippen LogP contribution in [0, 0.1) is 0 Å². The maximum atomic E-state index is 12.8. The first kappa shape index (κ1) is 15.1. The highest BCUT2D eigenvalue weighted by atomic mass is 16.2. The summed E-state index contributed by atoms with van der Waals surface area (Å²) in [5, 5.41) is 4.21. The minimum absolute atomic E-state index is 0.0558. The van der Waals surface area contributed by atoms with Crippen molar-refractivity contribution >= 4 is 11.7 Å². The summed E-state index contributed by atoms with van der Waals surface area (Å²) >= 11 is 0. The fraction of sp³-hybridized carbons (Fsp3) is 0.529. The third-order valence-corrected chi connectivity index (χ3v) is 4.92. The van der Waals surface area contributed by atoms with Gasteiger partial charge < -0.3 is 9.80 Å². The van der Waals surface area contributed by atoms with Gasteiger partial charge in [0.1, 0.15) is 18.5 Å². The highest BCUT2D eigenvalue weighted by molar-refractivity contribution is 5.94. The van der Waals surface area contributed by atoms with E-state index in [1.807, 2.05) is 21.7 Å². The Morgan fingerprint density at radius 3 is 2.71 bits per heavy atom. The van der Waals surface area contributed by atoms with Gasteiger partial charge in [-0.25, -0.2) is 14.6 Å². The van der Waals surface area contributed by atoms with Gasteiger partial charge in [-0.2, -0.15) is 5.10 Å². The van der Waals surface area contributed by atoms with Gasteiger partial charge in [0.05, 0.1) is 11.6 Å². The second kappa shape index (κ2) is 6.59. The highest BCUT2D eigenvalue weighted by Crippen LogP contribution is 2.23. The molecule has 0 radical (unpaired) electrons. The second-order valence-corrected chi connectivity index (χ2v) is 6.52. The van der Waals surface area contributed by atoms with Gasteiger partial charge in [0.15, 0.2) is 0 Å². The van der Waals surface area contributed by atoms with Crippen LogP contribution in [-0.4, -0.2) is 56.7 Å². The zero-order valence-corrected chi connectivity index (χ0v) is 13.7. The van der Waals surface area contributed by atoms with Crippen molar-refractivity contribution in [1.82, 2.24) is 24.6 Å². The predicted octanol–water partition coefficient (Wildman–Crippen LogP) is 1.75. The van der Waals surface area contributed by atoms with E-state index in [9.17, 15) is 4.79 Å². The minimum Gasteiger partial charge on any atom is -0.357 e. The Morgan fingerprint density at radius 1 is 1.12 bits per heavy atom. The average molecular weight is 326 g/mol. The predicted molar refractivity (Wildman–Crippen MR) is 89.9 cm³/mol. The number of amides is 1. The Hall–Kier alpha value is -2.44. The normalized spacial score (nSPS) is 21.2. The molecule has 0 unspecified atom stereocenters. The van der Waals surface area contributed by atoms with Crippen molar-refractivity contribution in [3.8, 4) is 0 Å². The number of likely N-dealkylation sites (tertiary alicyclic amines) is 1. The van der Waals surface area contributed by atoms with E-state index in [1.54, 1.807) is 18.9 Å². The number of nitrogens with zero attached hydrogens (tertiary/aromatic N) is 6. The molecule has 0 aromatic carbocycles. The van der Waals surface area contributed by atoms with Gasteiger partial charge in [0.2, 0.25) is 0 Å². The first-order chi connectivity index (χ1) is 11.8. The van der Waals surface area contributed by atoms with Crippen molar-refractivity contribution in [2.75, 3.05) is 31.1 Å². The molecule has 2 aliphatic heterocycles. The fourth-order valence-corrected chi connectivity index (χ4v) is 3.59. The van der Waals surface area contributed by atoms with Crippen LogP contribution >= 0.6 is 0 Å². The number of hydrogen-bond donors (Lipinski definition) is 0. The average Bonchev–Trinajstić information content (AvgIpc) is 3.35. The summed E-state index contributed by atoms with van der Waals surface area (Å²) in [7, 11) is 0. The van der Waals surface area contributed by atoms with Crippen molar-refractivity contribution in [2.45, 2.75) is 31.7 Å². The highest BCUT2D eigenvalue weighted by Gasteiger charge is 2.26. The molecular weight excluding hydrogens is 304 g/mol. The number of carbonyl (C=O) groups is 1. The van der Waals surface area contributed by atoms with Gasteiger partial charge in [0, 0.05) is 32.4 Å². The maximum absolute atomic E-state index is 12.8. The Bertz CT molecular complexity index is 678. The molecule has 0 saturated carbocycles. The summed E-state index contributed by atoms with van der Waals surface area (Å²) in [6.45, 7) is 3.59. The fourth-order valence-electron chi connectivity index (χ4n) is 3.59. The van der Waals surface area contributed by atoms with Crippen molar-refractivity contribution in [3.63, 3.8) is 0 Å². The van der Waals surface area contributed by atoms with Crippen LogP contribution in [-0.2, 0) is 0 Å². The molecule has 7 heteroatoms. The van der Waals surface area contributed by atoms with E-state index in [0.29, 0.717) is 12.1 Å². The molecule has 2 aromatic rings. The largest absolute Gasteiger partial charge is 0.357 e. The monoisotopic (exact) mass is 326 g/mol. The Kier molecular flexibility index (Phi) is 4.15. The molecule has 1 atom stereocenters. The molecule has 2 aromatic heterocycles. The Morgan fingerprint density at radius 2 is 2.00 bits per heavy atom. The van der Waals surface area contributed by atoms with Gasteiger partial charge in [-0.05, 0) is 37.8 Å².